The first-order chi connectivity index (χ1) is 11.8. The molecule has 6 nitrogen and oxygen atoms in total. The van der Waals surface area contributed by atoms with Crippen molar-refractivity contribution in [1.82, 2.24) is 20.2 Å². The number of amides is 1. The van der Waals surface area contributed by atoms with Gasteiger partial charge in [0.15, 0.2) is 5.76 Å². The van der Waals surface area contributed by atoms with Crippen LogP contribution in [0.1, 0.15) is 54.8 Å². The minimum absolute atomic E-state index is 0.116. The van der Waals surface area contributed by atoms with Crippen LogP contribution in [0.3, 0.4) is 0 Å². The number of carbonyl (C=O) groups excluding carboxylic acids is 1. The van der Waals surface area contributed by atoms with Gasteiger partial charge in [0.05, 0.1) is 12.9 Å². The predicted octanol–water partition coefficient (Wildman–Crippen LogP) is 2.32. The van der Waals surface area contributed by atoms with Gasteiger partial charge >= 0.3 is 0 Å². The van der Waals surface area contributed by atoms with Gasteiger partial charge in [0.2, 0.25) is 0 Å². The third-order valence-corrected chi connectivity index (χ3v) is 5.18. The van der Waals surface area contributed by atoms with Crippen LogP contribution < -0.4 is 10.6 Å². The highest BCUT2D eigenvalue weighted by molar-refractivity contribution is 5.91. The van der Waals surface area contributed by atoms with E-state index in [1.165, 1.54) is 25.7 Å². The Morgan fingerprint density at radius 1 is 1.21 bits per heavy atom. The summed E-state index contributed by atoms with van der Waals surface area (Å²) < 4.78 is 7.59. The van der Waals surface area contributed by atoms with Crippen molar-refractivity contribution in [2.45, 2.75) is 63.2 Å². The second-order valence-corrected chi connectivity index (χ2v) is 6.91. The van der Waals surface area contributed by atoms with Crippen LogP contribution in [-0.4, -0.2) is 33.6 Å². The van der Waals surface area contributed by atoms with Gasteiger partial charge in [-0.25, -0.2) is 4.98 Å². The van der Waals surface area contributed by atoms with Gasteiger partial charge in [-0.3, -0.25) is 4.79 Å². The summed E-state index contributed by atoms with van der Waals surface area (Å²) >= 11 is 0. The van der Waals surface area contributed by atoms with Crippen molar-refractivity contribution in [1.29, 1.82) is 0 Å². The van der Waals surface area contributed by atoms with Crippen molar-refractivity contribution >= 4 is 5.91 Å². The topological polar surface area (TPSA) is 72.1 Å². The Balaban J connectivity index is 1.30. The average Bonchev–Trinajstić information content (AvgIpc) is 3.31. The lowest BCUT2D eigenvalue weighted by molar-refractivity contribution is 0.0859. The van der Waals surface area contributed by atoms with Crippen molar-refractivity contribution in [2.75, 3.05) is 0 Å². The number of rotatable bonds is 6. The number of hydrogen-bond donors (Lipinski definition) is 2. The number of hydrogen-bond acceptors (Lipinski definition) is 4. The summed E-state index contributed by atoms with van der Waals surface area (Å²) in [5.74, 6) is 1.03. The van der Waals surface area contributed by atoms with E-state index in [4.69, 9.17) is 4.42 Å². The molecule has 0 bridgehead atoms. The SMILES string of the molecule is O=C(N[C@H]1CC[C@H]1NC1CCCC1)c1ccc(Cn2ccnc2)o1. The first-order valence-electron chi connectivity index (χ1n) is 8.89. The smallest absolute Gasteiger partial charge is 0.287 e. The van der Waals surface area contributed by atoms with Crippen LogP contribution in [0, 0.1) is 0 Å². The van der Waals surface area contributed by atoms with Crippen LogP contribution in [0.2, 0.25) is 0 Å². The van der Waals surface area contributed by atoms with E-state index in [1.807, 2.05) is 16.8 Å². The molecule has 2 aliphatic rings. The highest BCUT2D eigenvalue weighted by Crippen LogP contribution is 2.25. The molecule has 2 heterocycles. The standard InChI is InChI=1S/C18H24N4O2/c23-18(17-8-5-14(24-17)11-22-10-9-19-12-22)21-16-7-6-15(16)20-13-3-1-2-4-13/h5,8-10,12-13,15-16,20H,1-4,6-7,11H2,(H,21,23)/t15-,16+/m1/s1. The second kappa shape index (κ2) is 6.81. The fraction of sp³-hybridized carbons (Fsp3) is 0.556. The van der Waals surface area contributed by atoms with Crippen LogP contribution >= 0.6 is 0 Å². The molecule has 2 atom stereocenters. The molecule has 2 aliphatic carbocycles. The van der Waals surface area contributed by atoms with E-state index >= 15 is 0 Å². The van der Waals surface area contributed by atoms with Crippen molar-refractivity contribution < 1.29 is 9.21 Å². The number of nitrogens with zero attached hydrogens (tertiary/aromatic N) is 2. The molecule has 2 aromatic heterocycles. The molecule has 0 unspecified atom stereocenters. The van der Waals surface area contributed by atoms with Crippen molar-refractivity contribution in [3.63, 3.8) is 0 Å². The van der Waals surface area contributed by atoms with E-state index in [0.29, 0.717) is 24.4 Å². The third-order valence-electron chi connectivity index (χ3n) is 5.18. The summed E-state index contributed by atoms with van der Waals surface area (Å²) in [5.41, 5.74) is 0. The summed E-state index contributed by atoms with van der Waals surface area (Å²) in [6.45, 7) is 0.586. The lowest BCUT2D eigenvalue weighted by atomic mass is 9.85. The normalized spacial score (nSPS) is 24.0. The highest BCUT2D eigenvalue weighted by Gasteiger charge is 2.34. The van der Waals surface area contributed by atoms with Gasteiger partial charge in [0.25, 0.3) is 5.91 Å². The molecule has 2 aromatic rings. The van der Waals surface area contributed by atoms with E-state index in [2.05, 4.69) is 15.6 Å². The summed E-state index contributed by atoms with van der Waals surface area (Å²) in [6, 6.07) is 4.88. The van der Waals surface area contributed by atoms with Gasteiger partial charge in [-0.15, -0.1) is 0 Å². The van der Waals surface area contributed by atoms with Crippen LogP contribution in [0.25, 0.3) is 0 Å². The van der Waals surface area contributed by atoms with Crippen LogP contribution in [-0.2, 0) is 6.54 Å². The van der Waals surface area contributed by atoms with E-state index in [9.17, 15) is 4.79 Å². The maximum atomic E-state index is 12.4. The number of furan rings is 1. The Morgan fingerprint density at radius 2 is 2.04 bits per heavy atom. The molecule has 0 aliphatic heterocycles. The fourth-order valence-electron chi connectivity index (χ4n) is 3.65. The van der Waals surface area contributed by atoms with Crippen molar-refractivity contribution in [3.05, 3.63) is 42.4 Å². The van der Waals surface area contributed by atoms with Crippen molar-refractivity contribution in [2.24, 2.45) is 0 Å². The summed E-state index contributed by atoms with van der Waals surface area (Å²) in [4.78, 5) is 16.4. The molecule has 1 amide bonds. The molecule has 2 fully saturated rings. The maximum absolute atomic E-state index is 12.4. The molecule has 2 N–H and O–H groups in total. The van der Waals surface area contributed by atoms with Gasteiger partial charge in [-0.05, 0) is 37.8 Å². The molecular weight excluding hydrogens is 304 g/mol. The average molecular weight is 328 g/mol. The maximum Gasteiger partial charge on any atom is 0.287 e. The molecule has 0 aromatic carbocycles. The molecule has 24 heavy (non-hydrogen) atoms. The van der Waals surface area contributed by atoms with Crippen molar-refractivity contribution in [3.8, 4) is 0 Å². The van der Waals surface area contributed by atoms with E-state index < -0.39 is 0 Å². The Kier molecular flexibility index (Phi) is 4.38. The minimum Gasteiger partial charge on any atom is -0.454 e. The van der Waals surface area contributed by atoms with Gasteiger partial charge < -0.3 is 19.6 Å². The summed E-state index contributed by atoms with van der Waals surface area (Å²) in [7, 11) is 0. The van der Waals surface area contributed by atoms with Gasteiger partial charge in [-0.1, -0.05) is 12.8 Å². The predicted molar refractivity (Wildman–Crippen MR) is 89.7 cm³/mol. The number of nitrogens with one attached hydrogen (secondary N) is 2. The van der Waals surface area contributed by atoms with E-state index in [0.717, 1.165) is 18.6 Å². The summed E-state index contributed by atoms with van der Waals surface area (Å²) in [5, 5.41) is 6.82. The minimum atomic E-state index is -0.116. The van der Waals surface area contributed by atoms with Crippen LogP contribution in [0.4, 0.5) is 0 Å². The van der Waals surface area contributed by atoms with E-state index in [1.54, 1.807) is 18.6 Å². The zero-order valence-electron chi connectivity index (χ0n) is 13.8. The number of carbonyl (C=O) groups is 1. The quantitative estimate of drug-likeness (QED) is 0.853. The second-order valence-electron chi connectivity index (χ2n) is 6.91. The largest absolute Gasteiger partial charge is 0.454 e. The lowest BCUT2D eigenvalue weighted by Gasteiger charge is -2.39. The molecule has 0 saturated heterocycles. The number of aromatic nitrogens is 2. The summed E-state index contributed by atoms with van der Waals surface area (Å²) in [6.07, 6.45) is 12.7. The number of imidazole rings is 1. The molecular formula is C18H24N4O2. The zero-order valence-corrected chi connectivity index (χ0v) is 13.8. The zero-order chi connectivity index (χ0) is 16.4. The van der Waals surface area contributed by atoms with Gasteiger partial charge in [0, 0.05) is 30.5 Å². The molecule has 2 saturated carbocycles. The Hall–Kier alpha value is -2.08. The Bertz CT molecular complexity index is 673. The van der Waals surface area contributed by atoms with Crippen LogP contribution in [0.15, 0.2) is 35.3 Å². The monoisotopic (exact) mass is 328 g/mol. The Morgan fingerprint density at radius 3 is 2.75 bits per heavy atom. The van der Waals surface area contributed by atoms with Gasteiger partial charge in [0.1, 0.15) is 5.76 Å². The Labute approximate surface area is 141 Å². The molecule has 0 radical (unpaired) electrons. The molecule has 4 rings (SSSR count). The van der Waals surface area contributed by atoms with Gasteiger partial charge in [-0.2, -0.15) is 0 Å². The molecule has 0 spiro atoms. The lowest BCUT2D eigenvalue weighted by Crippen LogP contribution is -2.58. The first kappa shape index (κ1) is 15.4. The van der Waals surface area contributed by atoms with E-state index in [-0.39, 0.29) is 11.9 Å². The molecule has 6 heteroatoms. The fourth-order valence-corrected chi connectivity index (χ4v) is 3.65. The highest BCUT2D eigenvalue weighted by atomic mass is 16.4. The van der Waals surface area contributed by atoms with Crippen LogP contribution in [0.5, 0.6) is 0 Å². The third kappa shape index (κ3) is 3.38. The molecule has 128 valence electrons. The first-order valence-corrected chi connectivity index (χ1v) is 8.89.